The van der Waals surface area contributed by atoms with E-state index < -0.39 is 0 Å². The van der Waals surface area contributed by atoms with Crippen molar-refractivity contribution in [3.8, 4) is 0 Å². The minimum Gasteiger partial charge on any atom is -0.385 e. The molecule has 3 nitrogen and oxygen atoms in total. The van der Waals surface area contributed by atoms with E-state index in [1.807, 2.05) is 0 Å². The summed E-state index contributed by atoms with van der Waals surface area (Å²) >= 11 is 0. The predicted octanol–water partition coefficient (Wildman–Crippen LogP) is 2.79. The van der Waals surface area contributed by atoms with Crippen LogP contribution in [0.2, 0.25) is 0 Å². The number of ether oxygens (including phenoxy) is 1. The largest absolute Gasteiger partial charge is 0.385 e. The molecule has 0 saturated heterocycles. The molecule has 20 heavy (non-hydrogen) atoms. The molecule has 0 fully saturated rings. The highest BCUT2D eigenvalue weighted by molar-refractivity contribution is 5.36. The zero-order valence-corrected chi connectivity index (χ0v) is 13.2. The molecule has 0 bridgehead atoms. The van der Waals surface area contributed by atoms with Gasteiger partial charge in [-0.25, -0.2) is 0 Å². The molecular weight excluding hydrogens is 248 g/mol. The number of benzene rings is 1. The summed E-state index contributed by atoms with van der Waals surface area (Å²) in [7, 11) is 6.09. The molecule has 0 spiro atoms. The van der Waals surface area contributed by atoms with Crippen molar-refractivity contribution in [3.05, 3.63) is 35.4 Å². The highest BCUT2D eigenvalue weighted by Crippen LogP contribution is 2.39. The summed E-state index contributed by atoms with van der Waals surface area (Å²) in [6, 6.07) is 9.86. The SMILES string of the molecule is CNC1c2ccccc2C(C)CC1N(C)CCCOC. The molecule has 0 radical (unpaired) electrons. The summed E-state index contributed by atoms with van der Waals surface area (Å²) in [5, 5.41) is 3.53. The van der Waals surface area contributed by atoms with Gasteiger partial charge >= 0.3 is 0 Å². The van der Waals surface area contributed by atoms with Crippen LogP contribution >= 0.6 is 0 Å². The summed E-state index contributed by atoms with van der Waals surface area (Å²) in [5.74, 6) is 0.630. The number of nitrogens with zero attached hydrogens (tertiary/aromatic N) is 1. The lowest BCUT2D eigenvalue weighted by molar-refractivity contribution is 0.138. The molecule has 0 amide bonds. The van der Waals surface area contributed by atoms with Crippen molar-refractivity contribution in [3.63, 3.8) is 0 Å². The Balaban J connectivity index is 2.14. The molecule has 0 heterocycles. The molecule has 3 atom stereocenters. The van der Waals surface area contributed by atoms with Crippen LogP contribution in [0.3, 0.4) is 0 Å². The Morgan fingerprint density at radius 1 is 1.30 bits per heavy atom. The topological polar surface area (TPSA) is 24.5 Å². The zero-order valence-electron chi connectivity index (χ0n) is 13.2. The van der Waals surface area contributed by atoms with E-state index in [0.29, 0.717) is 18.0 Å². The molecule has 1 N–H and O–H groups in total. The van der Waals surface area contributed by atoms with Crippen LogP contribution in [-0.2, 0) is 4.74 Å². The quantitative estimate of drug-likeness (QED) is 0.809. The first kappa shape index (κ1) is 15.5. The maximum absolute atomic E-state index is 5.17. The summed E-state index contributed by atoms with van der Waals surface area (Å²) in [6.45, 7) is 4.28. The minimum absolute atomic E-state index is 0.426. The fourth-order valence-corrected chi connectivity index (χ4v) is 3.48. The third kappa shape index (κ3) is 3.22. The third-order valence-electron chi connectivity index (χ3n) is 4.58. The fourth-order valence-electron chi connectivity index (χ4n) is 3.48. The van der Waals surface area contributed by atoms with Crippen molar-refractivity contribution in [2.45, 2.75) is 37.8 Å². The molecule has 2 rings (SSSR count). The van der Waals surface area contributed by atoms with Gasteiger partial charge in [-0.2, -0.15) is 0 Å². The van der Waals surface area contributed by atoms with Crippen molar-refractivity contribution >= 4 is 0 Å². The molecule has 0 aliphatic heterocycles. The maximum atomic E-state index is 5.17. The highest BCUT2D eigenvalue weighted by atomic mass is 16.5. The number of hydrogen-bond acceptors (Lipinski definition) is 3. The zero-order chi connectivity index (χ0) is 14.5. The van der Waals surface area contributed by atoms with E-state index in [2.05, 4.69) is 55.5 Å². The van der Waals surface area contributed by atoms with Crippen LogP contribution < -0.4 is 5.32 Å². The molecule has 3 heteroatoms. The van der Waals surface area contributed by atoms with Gasteiger partial charge in [0.25, 0.3) is 0 Å². The van der Waals surface area contributed by atoms with Gasteiger partial charge in [-0.3, -0.25) is 0 Å². The average molecular weight is 276 g/mol. The Morgan fingerprint density at radius 2 is 2.00 bits per heavy atom. The van der Waals surface area contributed by atoms with Gasteiger partial charge in [0, 0.05) is 32.3 Å². The molecule has 1 aliphatic rings. The Morgan fingerprint density at radius 3 is 2.65 bits per heavy atom. The van der Waals surface area contributed by atoms with Crippen molar-refractivity contribution < 1.29 is 4.74 Å². The minimum atomic E-state index is 0.426. The molecule has 1 aromatic carbocycles. The van der Waals surface area contributed by atoms with E-state index in [9.17, 15) is 0 Å². The predicted molar refractivity (Wildman–Crippen MR) is 84.2 cm³/mol. The normalized spacial score (nSPS) is 25.8. The molecule has 112 valence electrons. The summed E-state index contributed by atoms with van der Waals surface area (Å²) in [4.78, 5) is 2.49. The molecule has 0 aromatic heterocycles. The number of rotatable bonds is 6. The lowest BCUT2D eigenvalue weighted by Crippen LogP contribution is -2.45. The number of methoxy groups -OCH3 is 1. The van der Waals surface area contributed by atoms with Crippen LogP contribution in [0.25, 0.3) is 0 Å². The van der Waals surface area contributed by atoms with Gasteiger partial charge in [0.05, 0.1) is 0 Å². The molecule has 1 aliphatic carbocycles. The molecule has 0 saturated carbocycles. The van der Waals surface area contributed by atoms with Gasteiger partial charge in [0.2, 0.25) is 0 Å². The first-order chi connectivity index (χ1) is 9.69. The van der Waals surface area contributed by atoms with Crippen LogP contribution in [0.4, 0.5) is 0 Å². The lowest BCUT2D eigenvalue weighted by atomic mass is 9.77. The van der Waals surface area contributed by atoms with Crippen LogP contribution in [0, 0.1) is 0 Å². The second-order valence-electron chi connectivity index (χ2n) is 5.93. The summed E-state index contributed by atoms with van der Waals surface area (Å²) in [5.41, 5.74) is 2.98. The van der Waals surface area contributed by atoms with Gasteiger partial charge in [-0.15, -0.1) is 0 Å². The van der Waals surface area contributed by atoms with Crippen LogP contribution in [-0.4, -0.2) is 45.3 Å². The first-order valence-corrected chi connectivity index (χ1v) is 7.64. The van der Waals surface area contributed by atoms with E-state index in [0.717, 1.165) is 19.6 Å². The second-order valence-corrected chi connectivity index (χ2v) is 5.93. The van der Waals surface area contributed by atoms with Crippen molar-refractivity contribution in [1.82, 2.24) is 10.2 Å². The number of fused-ring (bicyclic) bond motifs is 1. The standard InChI is InChI=1S/C17H28N2O/c1-13-12-16(19(3)10-7-11-20-4)17(18-2)15-9-6-5-8-14(13)15/h5-6,8-9,13,16-18H,7,10-12H2,1-4H3. The van der Waals surface area contributed by atoms with Crippen LogP contribution in [0.1, 0.15) is 42.9 Å². The molecule has 3 unspecified atom stereocenters. The molecule has 1 aromatic rings. The fraction of sp³-hybridized carbons (Fsp3) is 0.647. The van der Waals surface area contributed by atoms with E-state index in [1.54, 1.807) is 7.11 Å². The monoisotopic (exact) mass is 276 g/mol. The smallest absolute Gasteiger partial charge is 0.0478 e. The van der Waals surface area contributed by atoms with E-state index in [1.165, 1.54) is 17.5 Å². The summed E-state index contributed by atoms with van der Waals surface area (Å²) in [6.07, 6.45) is 2.31. The Labute approximate surface area is 123 Å². The second kappa shape index (κ2) is 7.21. The van der Waals surface area contributed by atoms with Gasteiger partial charge in [-0.05, 0) is 44.0 Å². The van der Waals surface area contributed by atoms with E-state index in [4.69, 9.17) is 4.74 Å². The van der Waals surface area contributed by atoms with Gasteiger partial charge in [-0.1, -0.05) is 31.2 Å². The van der Waals surface area contributed by atoms with E-state index in [-0.39, 0.29) is 0 Å². The third-order valence-corrected chi connectivity index (χ3v) is 4.58. The Bertz CT molecular complexity index is 421. The Hall–Kier alpha value is -0.900. The average Bonchev–Trinajstić information content (AvgIpc) is 2.47. The highest BCUT2D eigenvalue weighted by Gasteiger charge is 2.34. The number of likely N-dealkylation sites (N-methyl/N-ethyl adjacent to an activating group) is 2. The van der Waals surface area contributed by atoms with Crippen LogP contribution in [0.15, 0.2) is 24.3 Å². The van der Waals surface area contributed by atoms with Crippen LogP contribution in [0.5, 0.6) is 0 Å². The lowest BCUT2D eigenvalue weighted by Gasteiger charge is -2.41. The van der Waals surface area contributed by atoms with Gasteiger partial charge < -0.3 is 15.0 Å². The Kier molecular flexibility index (Phi) is 5.58. The first-order valence-electron chi connectivity index (χ1n) is 7.64. The van der Waals surface area contributed by atoms with Crippen molar-refractivity contribution in [2.75, 3.05) is 34.4 Å². The number of nitrogens with one attached hydrogen (secondary N) is 1. The maximum Gasteiger partial charge on any atom is 0.0478 e. The molecular formula is C17H28N2O. The van der Waals surface area contributed by atoms with Gasteiger partial charge in [0.1, 0.15) is 0 Å². The number of hydrogen-bond donors (Lipinski definition) is 1. The van der Waals surface area contributed by atoms with Gasteiger partial charge in [0.15, 0.2) is 0 Å². The van der Waals surface area contributed by atoms with Crippen molar-refractivity contribution in [1.29, 1.82) is 0 Å². The van der Waals surface area contributed by atoms with E-state index >= 15 is 0 Å². The summed E-state index contributed by atoms with van der Waals surface area (Å²) < 4.78 is 5.17. The van der Waals surface area contributed by atoms with Crippen molar-refractivity contribution in [2.24, 2.45) is 0 Å².